The van der Waals surface area contributed by atoms with Gasteiger partial charge in [-0.25, -0.2) is 4.98 Å². The third-order valence-electron chi connectivity index (χ3n) is 3.07. The molecule has 0 aliphatic rings. The molecule has 0 saturated heterocycles. The Bertz CT molecular complexity index is 853. The minimum atomic E-state index is -0.330. The summed E-state index contributed by atoms with van der Waals surface area (Å²) in [4.78, 5) is 16.6. The lowest BCUT2D eigenvalue weighted by molar-refractivity contribution is 0.102. The summed E-state index contributed by atoms with van der Waals surface area (Å²) >= 11 is 19.3. The van der Waals surface area contributed by atoms with Gasteiger partial charge in [-0.3, -0.25) is 10.1 Å². The fraction of sp³-hybridized carbons (Fsp3) is 0.0667. The number of hydrogen-bond acceptors (Lipinski definition) is 3. The van der Waals surface area contributed by atoms with Crippen molar-refractivity contribution in [3.8, 4) is 0 Å². The molecule has 0 aliphatic heterocycles. The molecule has 0 fully saturated rings. The lowest BCUT2D eigenvalue weighted by Gasteiger charge is -2.04. The standard InChI is InChI=1S/C15H9Cl3N2OS/c1-7-4-13-12(6-10(7)17)19-15(22-13)20-14(21)9-3-2-8(16)5-11(9)18/h2-6H,1H3,(H,19,20,21). The maximum absolute atomic E-state index is 12.3. The number of halogens is 3. The predicted molar refractivity (Wildman–Crippen MR) is 93.8 cm³/mol. The second-order valence-electron chi connectivity index (χ2n) is 4.67. The maximum atomic E-state index is 12.3. The number of aromatic nitrogens is 1. The number of aryl methyl sites for hydroxylation is 1. The summed E-state index contributed by atoms with van der Waals surface area (Å²) in [6, 6.07) is 8.45. The van der Waals surface area contributed by atoms with Gasteiger partial charge in [0.25, 0.3) is 5.91 Å². The molecule has 1 aromatic heterocycles. The molecule has 2 aromatic carbocycles. The van der Waals surface area contributed by atoms with Crippen LogP contribution >= 0.6 is 46.1 Å². The van der Waals surface area contributed by atoms with Crippen LogP contribution in [0.2, 0.25) is 15.1 Å². The van der Waals surface area contributed by atoms with E-state index in [1.165, 1.54) is 17.4 Å². The van der Waals surface area contributed by atoms with Crippen molar-refractivity contribution < 1.29 is 4.79 Å². The summed E-state index contributed by atoms with van der Waals surface area (Å²) in [6.45, 7) is 1.92. The van der Waals surface area contributed by atoms with Crippen molar-refractivity contribution in [2.75, 3.05) is 5.32 Å². The Morgan fingerprint density at radius 1 is 1.14 bits per heavy atom. The number of amides is 1. The number of fused-ring (bicyclic) bond motifs is 1. The van der Waals surface area contributed by atoms with Crippen LogP contribution in [0.4, 0.5) is 5.13 Å². The van der Waals surface area contributed by atoms with Gasteiger partial charge in [0, 0.05) is 10.0 Å². The highest BCUT2D eigenvalue weighted by Gasteiger charge is 2.14. The fourth-order valence-electron chi connectivity index (χ4n) is 1.94. The molecule has 3 nitrogen and oxygen atoms in total. The predicted octanol–water partition coefficient (Wildman–Crippen LogP) is 5.82. The van der Waals surface area contributed by atoms with Crippen molar-refractivity contribution in [2.24, 2.45) is 0 Å². The first kappa shape index (κ1) is 15.6. The molecular formula is C15H9Cl3N2OS. The molecule has 0 spiro atoms. The van der Waals surface area contributed by atoms with Crippen molar-refractivity contribution in [3.63, 3.8) is 0 Å². The number of thiazole rings is 1. The molecular weight excluding hydrogens is 363 g/mol. The van der Waals surface area contributed by atoms with Crippen LogP contribution in [0.1, 0.15) is 15.9 Å². The SMILES string of the molecule is Cc1cc2sc(NC(=O)c3ccc(Cl)cc3Cl)nc2cc1Cl. The van der Waals surface area contributed by atoms with Gasteiger partial charge in [-0.1, -0.05) is 46.1 Å². The highest BCUT2D eigenvalue weighted by atomic mass is 35.5. The minimum Gasteiger partial charge on any atom is -0.298 e. The van der Waals surface area contributed by atoms with Crippen LogP contribution in [0, 0.1) is 6.92 Å². The first-order valence-corrected chi connectivity index (χ1v) is 8.22. The highest BCUT2D eigenvalue weighted by Crippen LogP contribution is 2.31. The zero-order valence-corrected chi connectivity index (χ0v) is 14.4. The zero-order chi connectivity index (χ0) is 15.9. The molecule has 1 heterocycles. The van der Waals surface area contributed by atoms with Crippen molar-refractivity contribution >= 4 is 67.4 Å². The van der Waals surface area contributed by atoms with Crippen molar-refractivity contribution in [3.05, 3.63) is 56.5 Å². The molecule has 0 atom stereocenters. The Labute approximate surface area is 145 Å². The van der Waals surface area contributed by atoms with Gasteiger partial charge in [0.2, 0.25) is 0 Å². The van der Waals surface area contributed by atoms with Gasteiger partial charge in [-0.05, 0) is 42.8 Å². The lowest BCUT2D eigenvalue weighted by atomic mass is 10.2. The molecule has 0 saturated carbocycles. The van der Waals surface area contributed by atoms with E-state index in [1.807, 2.05) is 13.0 Å². The Morgan fingerprint density at radius 2 is 1.91 bits per heavy atom. The summed E-state index contributed by atoms with van der Waals surface area (Å²) in [5, 5.41) is 4.66. The quantitative estimate of drug-likeness (QED) is 0.617. The number of benzene rings is 2. The third-order valence-corrected chi connectivity index (χ3v) is 4.95. The lowest BCUT2D eigenvalue weighted by Crippen LogP contribution is -2.12. The number of nitrogens with zero attached hydrogens (tertiary/aromatic N) is 1. The molecule has 1 N–H and O–H groups in total. The molecule has 0 unspecified atom stereocenters. The summed E-state index contributed by atoms with van der Waals surface area (Å²) in [5.41, 5.74) is 2.06. The van der Waals surface area contributed by atoms with E-state index in [0.717, 1.165) is 15.8 Å². The molecule has 3 aromatic rings. The third kappa shape index (κ3) is 3.06. The van der Waals surface area contributed by atoms with Gasteiger partial charge < -0.3 is 0 Å². The van der Waals surface area contributed by atoms with Crippen LogP contribution in [0.3, 0.4) is 0 Å². The van der Waals surface area contributed by atoms with E-state index in [2.05, 4.69) is 10.3 Å². The van der Waals surface area contributed by atoms with Crippen molar-refractivity contribution in [1.82, 2.24) is 4.98 Å². The normalized spacial score (nSPS) is 10.9. The Balaban J connectivity index is 1.90. The monoisotopic (exact) mass is 370 g/mol. The first-order valence-electron chi connectivity index (χ1n) is 6.27. The van der Waals surface area contributed by atoms with Gasteiger partial charge in [0.1, 0.15) is 0 Å². The van der Waals surface area contributed by atoms with E-state index in [1.54, 1.807) is 18.2 Å². The number of rotatable bonds is 2. The Kier molecular flexibility index (Phi) is 4.28. The maximum Gasteiger partial charge on any atom is 0.258 e. The van der Waals surface area contributed by atoms with Gasteiger partial charge in [0.15, 0.2) is 5.13 Å². The highest BCUT2D eigenvalue weighted by molar-refractivity contribution is 7.22. The largest absolute Gasteiger partial charge is 0.298 e. The van der Waals surface area contributed by atoms with E-state index in [9.17, 15) is 4.79 Å². The van der Waals surface area contributed by atoms with Crippen LogP contribution in [-0.2, 0) is 0 Å². The molecule has 0 aliphatic carbocycles. The number of carbonyl (C=O) groups excluding carboxylic acids is 1. The van der Waals surface area contributed by atoms with Crippen LogP contribution in [0.15, 0.2) is 30.3 Å². The van der Waals surface area contributed by atoms with E-state index in [4.69, 9.17) is 34.8 Å². The van der Waals surface area contributed by atoms with E-state index < -0.39 is 0 Å². The summed E-state index contributed by atoms with van der Waals surface area (Å²) in [7, 11) is 0. The smallest absolute Gasteiger partial charge is 0.258 e. The van der Waals surface area contributed by atoms with Crippen LogP contribution in [0.5, 0.6) is 0 Å². The molecule has 112 valence electrons. The molecule has 3 rings (SSSR count). The van der Waals surface area contributed by atoms with E-state index in [-0.39, 0.29) is 5.91 Å². The average molecular weight is 372 g/mol. The number of anilines is 1. The van der Waals surface area contributed by atoms with Crippen LogP contribution < -0.4 is 5.32 Å². The number of carbonyl (C=O) groups is 1. The molecule has 7 heteroatoms. The zero-order valence-electron chi connectivity index (χ0n) is 11.3. The van der Waals surface area contributed by atoms with E-state index in [0.29, 0.717) is 25.8 Å². The Morgan fingerprint density at radius 3 is 2.64 bits per heavy atom. The van der Waals surface area contributed by atoms with Gasteiger partial charge in [-0.15, -0.1) is 0 Å². The molecule has 1 amide bonds. The topological polar surface area (TPSA) is 42.0 Å². The summed E-state index contributed by atoms with van der Waals surface area (Å²) < 4.78 is 0.958. The second kappa shape index (κ2) is 6.05. The number of nitrogens with one attached hydrogen (secondary N) is 1. The summed E-state index contributed by atoms with van der Waals surface area (Å²) in [5.74, 6) is -0.330. The van der Waals surface area contributed by atoms with Gasteiger partial charge in [0.05, 0.1) is 20.8 Å². The van der Waals surface area contributed by atoms with Crippen molar-refractivity contribution in [1.29, 1.82) is 0 Å². The fourth-order valence-corrected chi connectivity index (χ4v) is 3.53. The van der Waals surface area contributed by atoms with E-state index >= 15 is 0 Å². The van der Waals surface area contributed by atoms with Gasteiger partial charge >= 0.3 is 0 Å². The van der Waals surface area contributed by atoms with Crippen molar-refractivity contribution in [2.45, 2.75) is 6.92 Å². The second-order valence-corrected chi connectivity index (χ2v) is 6.95. The summed E-state index contributed by atoms with van der Waals surface area (Å²) in [6.07, 6.45) is 0. The molecule has 22 heavy (non-hydrogen) atoms. The average Bonchev–Trinajstić information content (AvgIpc) is 2.80. The van der Waals surface area contributed by atoms with Gasteiger partial charge in [-0.2, -0.15) is 0 Å². The first-order chi connectivity index (χ1) is 10.4. The number of hydrogen-bond donors (Lipinski definition) is 1. The van der Waals surface area contributed by atoms with Crippen LogP contribution in [-0.4, -0.2) is 10.9 Å². The Hall–Kier alpha value is -1.33. The molecule has 0 radical (unpaired) electrons. The minimum absolute atomic E-state index is 0.296. The van der Waals surface area contributed by atoms with Crippen LogP contribution in [0.25, 0.3) is 10.2 Å². The molecule has 0 bridgehead atoms.